The molecule has 3 aromatic rings. The molecule has 4 rings (SSSR count). The van der Waals surface area contributed by atoms with Crippen LogP contribution in [0, 0.1) is 0 Å². The molecule has 0 atom stereocenters. The van der Waals surface area contributed by atoms with Gasteiger partial charge in [-0.1, -0.05) is 18.2 Å². The van der Waals surface area contributed by atoms with Gasteiger partial charge in [-0.15, -0.1) is 0 Å². The number of H-pyrrole nitrogens is 2. The maximum atomic E-state index is 12.5. The number of esters is 1. The molecule has 0 saturated carbocycles. The molecule has 134 valence electrons. The van der Waals surface area contributed by atoms with E-state index >= 15 is 0 Å². The highest BCUT2D eigenvalue weighted by molar-refractivity contribution is 6.17. The van der Waals surface area contributed by atoms with E-state index in [-0.39, 0.29) is 12.2 Å². The summed E-state index contributed by atoms with van der Waals surface area (Å²) in [5.41, 5.74) is 2.13. The summed E-state index contributed by atoms with van der Waals surface area (Å²) < 4.78 is 5.20. The lowest BCUT2D eigenvalue weighted by Gasteiger charge is -2.04. The van der Waals surface area contributed by atoms with Gasteiger partial charge in [-0.25, -0.2) is 9.79 Å². The molecule has 1 aliphatic heterocycles. The number of nitrogens with zero attached hydrogens (tertiary/aromatic N) is 2. The van der Waals surface area contributed by atoms with Crippen molar-refractivity contribution in [2.75, 3.05) is 6.61 Å². The van der Waals surface area contributed by atoms with Crippen LogP contribution in [0.4, 0.5) is 0 Å². The first-order chi connectivity index (χ1) is 13.2. The monoisotopic (exact) mass is 360 g/mol. The summed E-state index contributed by atoms with van der Waals surface area (Å²) in [4.78, 5) is 33.5. The quantitative estimate of drug-likeness (QED) is 0.682. The molecule has 0 saturated heterocycles. The van der Waals surface area contributed by atoms with Crippen LogP contribution in [0.15, 0.2) is 64.3 Å². The van der Waals surface area contributed by atoms with Gasteiger partial charge in [-0.2, -0.15) is 0 Å². The molecular weight excluding hydrogens is 344 g/mol. The van der Waals surface area contributed by atoms with E-state index in [1.165, 1.54) is 0 Å². The Balaban J connectivity index is 1.91. The molecule has 1 aliphatic rings. The highest BCUT2D eigenvalue weighted by Crippen LogP contribution is 2.24. The molecule has 2 N–H and O–H groups in total. The second-order valence-corrected chi connectivity index (χ2v) is 5.86. The van der Waals surface area contributed by atoms with Crippen molar-refractivity contribution in [3.05, 3.63) is 81.0 Å². The highest BCUT2D eigenvalue weighted by Gasteiger charge is 2.23. The van der Waals surface area contributed by atoms with Crippen LogP contribution in [0.1, 0.15) is 12.5 Å². The normalized spacial score (nSPS) is 14.1. The van der Waals surface area contributed by atoms with Crippen molar-refractivity contribution >= 4 is 17.6 Å². The lowest BCUT2D eigenvalue weighted by molar-refractivity contribution is -0.136. The lowest BCUT2D eigenvalue weighted by atomic mass is 10.1. The van der Waals surface area contributed by atoms with Gasteiger partial charge >= 0.3 is 5.97 Å². The molecule has 0 spiro atoms. The fourth-order valence-corrected chi connectivity index (χ4v) is 3.01. The minimum Gasteiger partial charge on any atom is -0.462 e. The minimum absolute atomic E-state index is 0.253. The summed E-state index contributed by atoms with van der Waals surface area (Å²) in [7, 11) is 0. The number of aromatic amines is 2. The molecule has 1 aromatic carbocycles. The van der Waals surface area contributed by atoms with E-state index in [1.807, 2.05) is 30.3 Å². The van der Waals surface area contributed by atoms with Gasteiger partial charge in [-0.05, 0) is 31.2 Å². The van der Waals surface area contributed by atoms with Crippen molar-refractivity contribution in [2.45, 2.75) is 6.92 Å². The smallest absolute Gasteiger partial charge is 0.341 e. The first kappa shape index (κ1) is 16.7. The number of ether oxygens (including phenoxy) is 1. The van der Waals surface area contributed by atoms with Gasteiger partial charge in [-0.3, -0.25) is 20.0 Å². The fraction of sp³-hybridized carbons (Fsp3) is 0.100. The maximum absolute atomic E-state index is 12.5. The number of fused-ring (bicyclic) bond motifs is 1. The highest BCUT2D eigenvalue weighted by atomic mass is 16.5. The van der Waals surface area contributed by atoms with Gasteiger partial charge in [0.2, 0.25) is 0 Å². The zero-order valence-electron chi connectivity index (χ0n) is 14.5. The van der Waals surface area contributed by atoms with E-state index in [1.54, 1.807) is 31.5 Å². The summed E-state index contributed by atoms with van der Waals surface area (Å²) in [6.45, 7) is 2.00. The zero-order valence-corrected chi connectivity index (χ0v) is 14.5. The van der Waals surface area contributed by atoms with Crippen LogP contribution in [0.3, 0.4) is 0 Å². The Morgan fingerprint density at radius 3 is 2.81 bits per heavy atom. The number of nitrogens with one attached hydrogen (secondary N) is 2. The number of carbonyl (C=O) groups is 1. The molecule has 0 radical (unpaired) electrons. The SMILES string of the molecule is CCOC(=O)C1=c2ccccc2=NC1=Cc1c(-c2cccnc2)[nH][nH]c1=O. The number of carbonyl (C=O) groups excluding carboxylic acids is 1. The second kappa shape index (κ2) is 6.87. The minimum atomic E-state index is -0.465. The van der Waals surface area contributed by atoms with Crippen LogP contribution in [-0.2, 0) is 9.53 Å². The standard InChI is InChI=1S/C20H16N4O3/c1-2-27-20(26)17-13-7-3-4-8-15(13)22-16(17)10-14-18(23-24-19(14)25)12-6-5-9-21-11-12/h3-11H,2H2,1H3,(H2,23,24,25). The molecule has 3 heterocycles. The van der Waals surface area contributed by atoms with Gasteiger partial charge in [0, 0.05) is 23.2 Å². The Labute approximate surface area is 153 Å². The number of hydrogen-bond acceptors (Lipinski definition) is 5. The molecular formula is C20H16N4O3. The van der Waals surface area contributed by atoms with Crippen LogP contribution in [0.25, 0.3) is 22.9 Å². The molecule has 2 aromatic heterocycles. The summed E-state index contributed by atoms with van der Waals surface area (Å²) in [5.74, 6) is -0.465. The van der Waals surface area contributed by atoms with Crippen molar-refractivity contribution in [2.24, 2.45) is 4.99 Å². The van der Waals surface area contributed by atoms with Gasteiger partial charge in [0.1, 0.15) is 0 Å². The average Bonchev–Trinajstić information content (AvgIpc) is 3.23. The van der Waals surface area contributed by atoms with Crippen molar-refractivity contribution in [3.8, 4) is 11.3 Å². The third-order valence-corrected chi connectivity index (χ3v) is 4.20. The summed E-state index contributed by atoms with van der Waals surface area (Å²) >= 11 is 0. The van der Waals surface area contributed by atoms with Gasteiger partial charge in [0.25, 0.3) is 5.56 Å². The van der Waals surface area contributed by atoms with Crippen molar-refractivity contribution < 1.29 is 9.53 Å². The molecule has 0 aliphatic carbocycles. The van der Waals surface area contributed by atoms with E-state index in [9.17, 15) is 9.59 Å². The number of para-hydroxylation sites is 1. The molecule has 7 heteroatoms. The van der Waals surface area contributed by atoms with Crippen LogP contribution < -0.4 is 16.1 Å². The Morgan fingerprint density at radius 1 is 1.19 bits per heavy atom. The third kappa shape index (κ3) is 2.99. The van der Waals surface area contributed by atoms with Crippen LogP contribution in [-0.4, -0.2) is 27.8 Å². The van der Waals surface area contributed by atoms with Gasteiger partial charge in [0.05, 0.1) is 34.5 Å². The predicted octanol–water partition coefficient (Wildman–Crippen LogP) is 1.15. The van der Waals surface area contributed by atoms with Gasteiger partial charge in [0.15, 0.2) is 0 Å². The lowest BCUT2D eigenvalue weighted by Crippen LogP contribution is -2.25. The first-order valence-corrected chi connectivity index (χ1v) is 8.47. The second-order valence-electron chi connectivity index (χ2n) is 5.86. The van der Waals surface area contributed by atoms with E-state index < -0.39 is 5.97 Å². The third-order valence-electron chi connectivity index (χ3n) is 4.20. The number of hydrogen-bond donors (Lipinski definition) is 2. The predicted molar refractivity (Wildman–Crippen MR) is 99.9 cm³/mol. The average molecular weight is 360 g/mol. The molecule has 27 heavy (non-hydrogen) atoms. The first-order valence-electron chi connectivity index (χ1n) is 8.47. The fourth-order valence-electron chi connectivity index (χ4n) is 3.01. The van der Waals surface area contributed by atoms with Crippen molar-refractivity contribution in [1.82, 2.24) is 15.2 Å². The maximum Gasteiger partial charge on any atom is 0.341 e. The molecule has 0 fully saturated rings. The summed E-state index contributed by atoms with van der Waals surface area (Å²) in [6.07, 6.45) is 4.91. The number of benzene rings is 1. The molecule has 0 bridgehead atoms. The van der Waals surface area contributed by atoms with E-state index in [0.29, 0.717) is 33.1 Å². The topological polar surface area (TPSA) is 100 Å². The molecule has 7 nitrogen and oxygen atoms in total. The number of aromatic nitrogens is 3. The van der Waals surface area contributed by atoms with Crippen LogP contribution in [0.2, 0.25) is 0 Å². The Kier molecular flexibility index (Phi) is 4.25. The Bertz CT molecular complexity index is 1220. The van der Waals surface area contributed by atoms with Crippen LogP contribution in [0.5, 0.6) is 0 Å². The van der Waals surface area contributed by atoms with E-state index in [2.05, 4.69) is 20.2 Å². The Morgan fingerprint density at radius 2 is 2.04 bits per heavy atom. The molecule has 0 amide bonds. The largest absolute Gasteiger partial charge is 0.462 e. The van der Waals surface area contributed by atoms with E-state index in [0.717, 1.165) is 5.56 Å². The zero-order chi connectivity index (χ0) is 18.8. The van der Waals surface area contributed by atoms with Crippen molar-refractivity contribution in [3.63, 3.8) is 0 Å². The van der Waals surface area contributed by atoms with E-state index in [4.69, 9.17) is 4.74 Å². The number of rotatable bonds is 4. The number of pyridine rings is 1. The van der Waals surface area contributed by atoms with Crippen LogP contribution >= 0.6 is 0 Å². The summed E-state index contributed by atoms with van der Waals surface area (Å²) in [5, 5.41) is 6.81. The summed E-state index contributed by atoms with van der Waals surface area (Å²) in [6, 6.07) is 10.9. The van der Waals surface area contributed by atoms with Crippen molar-refractivity contribution in [1.29, 1.82) is 0 Å². The van der Waals surface area contributed by atoms with Gasteiger partial charge < -0.3 is 4.74 Å². The Hall–Kier alpha value is -3.74. The molecule has 0 unspecified atom stereocenters.